The van der Waals surface area contributed by atoms with Crippen molar-refractivity contribution in [1.82, 2.24) is 19.7 Å². The lowest BCUT2D eigenvalue weighted by Gasteiger charge is -2.42. The number of aromatic amines is 1. The van der Waals surface area contributed by atoms with E-state index in [-0.39, 0.29) is 17.4 Å². The van der Waals surface area contributed by atoms with Crippen LogP contribution in [0.2, 0.25) is 0 Å². The van der Waals surface area contributed by atoms with Crippen molar-refractivity contribution in [1.29, 1.82) is 0 Å². The van der Waals surface area contributed by atoms with Crippen molar-refractivity contribution in [2.45, 2.75) is 18.9 Å². The smallest absolute Gasteiger partial charge is 0.274 e. The molecule has 2 aliphatic heterocycles. The van der Waals surface area contributed by atoms with E-state index in [0.29, 0.717) is 42.7 Å². The van der Waals surface area contributed by atoms with E-state index in [2.05, 4.69) is 10.2 Å². The van der Waals surface area contributed by atoms with Gasteiger partial charge in [-0.3, -0.25) is 14.7 Å². The molecule has 1 amide bonds. The van der Waals surface area contributed by atoms with Crippen LogP contribution in [0.4, 0.5) is 0 Å². The molecule has 0 aliphatic carbocycles. The maximum Gasteiger partial charge on any atom is 0.274 e. The van der Waals surface area contributed by atoms with Crippen LogP contribution in [0.3, 0.4) is 0 Å². The maximum atomic E-state index is 12.9. The summed E-state index contributed by atoms with van der Waals surface area (Å²) in [4.78, 5) is 26.9. The summed E-state index contributed by atoms with van der Waals surface area (Å²) >= 11 is 0. The van der Waals surface area contributed by atoms with Crippen molar-refractivity contribution >= 4 is 5.91 Å². The second kappa shape index (κ2) is 5.72. The number of nitrogens with one attached hydrogen (secondary N) is 1. The molecular formula is C19H18N4O3. The minimum absolute atomic E-state index is 0.0485. The van der Waals surface area contributed by atoms with Gasteiger partial charge in [0.2, 0.25) is 0 Å². The SMILES string of the molecule is O=C(c1cc(-c2ccco2)[nH]n1)N1C[C@@H]2C[C@@H](C1)c1cccc(=O)n1C2. The van der Waals surface area contributed by atoms with Crippen LogP contribution >= 0.6 is 0 Å². The van der Waals surface area contributed by atoms with Crippen molar-refractivity contribution in [3.05, 3.63) is 64.4 Å². The third-order valence-electron chi connectivity index (χ3n) is 5.35. The van der Waals surface area contributed by atoms with Crippen LogP contribution in [-0.2, 0) is 6.54 Å². The number of aromatic nitrogens is 3. The number of likely N-dealkylation sites (tertiary alicyclic amines) is 1. The molecule has 7 heteroatoms. The van der Waals surface area contributed by atoms with Gasteiger partial charge in [0.25, 0.3) is 11.5 Å². The van der Waals surface area contributed by atoms with Crippen LogP contribution in [0.5, 0.6) is 0 Å². The van der Waals surface area contributed by atoms with E-state index in [4.69, 9.17) is 4.42 Å². The number of fused-ring (bicyclic) bond motifs is 4. The summed E-state index contributed by atoms with van der Waals surface area (Å²) in [5.74, 6) is 1.07. The number of hydrogen-bond acceptors (Lipinski definition) is 4. The molecule has 2 bridgehead atoms. The topological polar surface area (TPSA) is 84.1 Å². The summed E-state index contributed by atoms with van der Waals surface area (Å²) in [6, 6.07) is 10.8. The van der Waals surface area contributed by atoms with E-state index in [9.17, 15) is 9.59 Å². The Morgan fingerprint density at radius 2 is 2.12 bits per heavy atom. The van der Waals surface area contributed by atoms with Crippen molar-refractivity contribution in [2.24, 2.45) is 5.92 Å². The lowest BCUT2D eigenvalue weighted by Crippen LogP contribution is -2.49. The second-order valence-electron chi connectivity index (χ2n) is 7.05. The third-order valence-corrected chi connectivity index (χ3v) is 5.35. The molecule has 0 spiro atoms. The van der Waals surface area contributed by atoms with Crippen molar-refractivity contribution < 1.29 is 9.21 Å². The van der Waals surface area contributed by atoms with Gasteiger partial charge in [-0.05, 0) is 30.5 Å². The zero-order valence-corrected chi connectivity index (χ0v) is 14.1. The molecule has 0 unspecified atom stereocenters. The van der Waals surface area contributed by atoms with Gasteiger partial charge in [-0.25, -0.2) is 0 Å². The predicted octanol–water partition coefficient (Wildman–Crippen LogP) is 2.09. The van der Waals surface area contributed by atoms with E-state index in [1.165, 1.54) is 0 Å². The average Bonchev–Trinajstić information content (AvgIpc) is 3.33. The number of piperidine rings is 1. The molecule has 3 aromatic rings. The number of pyridine rings is 1. The fraction of sp³-hybridized carbons (Fsp3) is 0.316. The standard InChI is InChI=1S/C19H18N4O3/c24-18-5-1-3-16-13-7-12(10-23(16)18)9-22(11-13)19(25)15-8-14(20-21-15)17-4-2-6-26-17/h1-6,8,12-13H,7,9-11H2,(H,20,21)/t12-,13-/m0/s1. The number of carbonyl (C=O) groups is 1. The number of rotatable bonds is 2. The van der Waals surface area contributed by atoms with Gasteiger partial charge < -0.3 is 13.9 Å². The first-order valence-corrected chi connectivity index (χ1v) is 8.77. The predicted molar refractivity (Wildman–Crippen MR) is 93.7 cm³/mol. The van der Waals surface area contributed by atoms with Gasteiger partial charge in [-0.15, -0.1) is 0 Å². The highest BCUT2D eigenvalue weighted by molar-refractivity contribution is 5.93. The molecule has 7 nitrogen and oxygen atoms in total. The highest BCUT2D eigenvalue weighted by Crippen LogP contribution is 2.35. The number of H-pyrrole nitrogens is 1. The fourth-order valence-electron chi connectivity index (χ4n) is 4.21. The number of carbonyl (C=O) groups excluding carboxylic acids is 1. The lowest BCUT2D eigenvalue weighted by atomic mass is 9.83. The first-order valence-electron chi connectivity index (χ1n) is 8.77. The zero-order valence-electron chi connectivity index (χ0n) is 14.1. The maximum absolute atomic E-state index is 12.9. The minimum atomic E-state index is -0.0829. The Labute approximate surface area is 149 Å². The van der Waals surface area contributed by atoms with E-state index in [1.54, 1.807) is 30.5 Å². The first kappa shape index (κ1) is 15.2. The molecule has 0 saturated carbocycles. The van der Waals surface area contributed by atoms with Crippen LogP contribution in [0.25, 0.3) is 11.5 Å². The van der Waals surface area contributed by atoms with Crippen LogP contribution in [0.1, 0.15) is 28.5 Å². The normalized spacial score (nSPS) is 21.5. The van der Waals surface area contributed by atoms with E-state index < -0.39 is 0 Å². The van der Waals surface area contributed by atoms with Gasteiger partial charge in [0, 0.05) is 43.4 Å². The Morgan fingerprint density at radius 1 is 1.19 bits per heavy atom. The Morgan fingerprint density at radius 3 is 2.96 bits per heavy atom. The summed E-state index contributed by atoms with van der Waals surface area (Å²) in [5, 5.41) is 7.03. The van der Waals surface area contributed by atoms with E-state index >= 15 is 0 Å². The highest BCUT2D eigenvalue weighted by Gasteiger charge is 2.37. The number of furan rings is 1. The summed E-state index contributed by atoms with van der Waals surface area (Å²) in [5.41, 5.74) is 2.16. The zero-order chi connectivity index (χ0) is 17.7. The quantitative estimate of drug-likeness (QED) is 0.767. The number of nitrogens with zero attached hydrogens (tertiary/aromatic N) is 3. The molecule has 1 N–H and O–H groups in total. The summed E-state index contributed by atoms with van der Waals surface area (Å²) in [6.45, 7) is 1.94. The molecule has 132 valence electrons. The Bertz CT molecular complexity index is 1020. The van der Waals surface area contributed by atoms with Gasteiger partial charge in [-0.1, -0.05) is 6.07 Å². The van der Waals surface area contributed by atoms with Gasteiger partial charge in [-0.2, -0.15) is 5.10 Å². The molecule has 2 aliphatic rings. The van der Waals surface area contributed by atoms with Crippen molar-refractivity contribution in [3.63, 3.8) is 0 Å². The molecule has 0 radical (unpaired) electrons. The second-order valence-corrected chi connectivity index (χ2v) is 7.05. The van der Waals surface area contributed by atoms with Crippen LogP contribution in [0.15, 0.2) is 51.9 Å². The number of amides is 1. The summed E-state index contributed by atoms with van der Waals surface area (Å²) in [7, 11) is 0. The minimum Gasteiger partial charge on any atom is -0.463 e. The summed E-state index contributed by atoms with van der Waals surface area (Å²) < 4.78 is 7.21. The molecule has 1 fully saturated rings. The molecule has 2 atom stereocenters. The molecule has 3 aromatic heterocycles. The van der Waals surface area contributed by atoms with Crippen molar-refractivity contribution in [2.75, 3.05) is 13.1 Å². The first-order chi connectivity index (χ1) is 12.7. The van der Waals surface area contributed by atoms with Crippen LogP contribution < -0.4 is 5.56 Å². The molecule has 5 rings (SSSR count). The summed E-state index contributed by atoms with van der Waals surface area (Å²) in [6.07, 6.45) is 2.61. The van der Waals surface area contributed by atoms with Gasteiger partial charge in [0.15, 0.2) is 11.5 Å². The van der Waals surface area contributed by atoms with Crippen molar-refractivity contribution in [3.8, 4) is 11.5 Å². The molecule has 0 aromatic carbocycles. The van der Waals surface area contributed by atoms with Gasteiger partial charge in [0.05, 0.1) is 6.26 Å². The van der Waals surface area contributed by atoms with E-state index in [1.807, 2.05) is 21.6 Å². The monoisotopic (exact) mass is 350 g/mol. The van der Waals surface area contributed by atoms with Crippen LogP contribution in [0, 0.1) is 5.92 Å². The highest BCUT2D eigenvalue weighted by atomic mass is 16.3. The molecule has 26 heavy (non-hydrogen) atoms. The molecule has 1 saturated heterocycles. The molecular weight excluding hydrogens is 332 g/mol. The lowest BCUT2D eigenvalue weighted by molar-refractivity contribution is 0.0588. The average molecular weight is 350 g/mol. The Balaban J connectivity index is 1.41. The van der Waals surface area contributed by atoms with E-state index in [0.717, 1.165) is 12.1 Å². The number of hydrogen-bond donors (Lipinski definition) is 1. The molecule has 5 heterocycles. The fourth-order valence-corrected chi connectivity index (χ4v) is 4.21. The largest absolute Gasteiger partial charge is 0.463 e. The van der Waals surface area contributed by atoms with Gasteiger partial charge >= 0.3 is 0 Å². The van der Waals surface area contributed by atoms with Gasteiger partial charge in [0.1, 0.15) is 5.69 Å². The van der Waals surface area contributed by atoms with Crippen LogP contribution in [-0.4, -0.2) is 38.7 Å². The Hall–Kier alpha value is -3.09. The third kappa shape index (κ3) is 2.39. The Kier molecular flexibility index (Phi) is 3.34.